The second-order valence-corrected chi connectivity index (χ2v) is 9.20. The number of benzene rings is 3. The van der Waals surface area contributed by atoms with Crippen molar-refractivity contribution >= 4 is 0 Å². The molecule has 0 amide bonds. The van der Waals surface area contributed by atoms with Crippen LogP contribution in [0.1, 0.15) is 37.5 Å². The Kier molecular flexibility index (Phi) is 5.89. The van der Waals surface area contributed by atoms with Crippen molar-refractivity contribution in [2.24, 2.45) is 0 Å². The Labute approximate surface area is 196 Å². The summed E-state index contributed by atoms with van der Waals surface area (Å²) in [5, 5.41) is 10.5. The van der Waals surface area contributed by atoms with Gasteiger partial charge in [0.2, 0.25) is 0 Å². The lowest BCUT2D eigenvalue weighted by molar-refractivity contribution is -0.138. The summed E-state index contributed by atoms with van der Waals surface area (Å²) in [7, 11) is 0. The topological polar surface area (TPSA) is 58.9 Å². The molecule has 1 heterocycles. The second-order valence-electron chi connectivity index (χ2n) is 9.20. The molecule has 0 unspecified atom stereocenters. The molecule has 0 spiro atoms. The highest BCUT2D eigenvalue weighted by molar-refractivity contribution is 5.70. The predicted molar refractivity (Wildman–Crippen MR) is 126 cm³/mol. The summed E-state index contributed by atoms with van der Waals surface area (Å²) in [6.45, 7) is 7.06. The average Bonchev–Trinajstić information content (AvgIpc) is 2.78. The molecule has 7 heteroatoms. The van der Waals surface area contributed by atoms with Crippen molar-refractivity contribution in [3.8, 4) is 39.9 Å². The first kappa shape index (κ1) is 23.4. The van der Waals surface area contributed by atoms with E-state index in [9.17, 15) is 18.3 Å². The SMILES string of the molecule is Cc1ccc(-c2nc(-c3ccccc3)nc(-c3ccc(C(F)(F)F)c(C(C)(C)C)c3)n2)c(O)c1. The first-order valence-electron chi connectivity index (χ1n) is 10.8. The fourth-order valence-corrected chi connectivity index (χ4v) is 3.72. The van der Waals surface area contributed by atoms with Gasteiger partial charge in [-0.25, -0.2) is 15.0 Å². The largest absolute Gasteiger partial charge is 0.507 e. The quantitative estimate of drug-likeness (QED) is 0.349. The number of aromatic hydroxyl groups is 1. The van der Waals surface area contributed by atoms with Crippen molar-refractivity contribution in [2.45, 2.75) is 39.3 Å². The van der Waals surface area contributed by atoms with Gasteiger partial charge in [-0.05, 0) is 47.7 Å². The molecular weight excluding hydrogens is 439 g/mol. The lowest BCUT2D eigenvalue weighted by Gasteiger charge is -2.25. The molecule has 0 radical (unpaired) electrons. The Bertz CT molecular complexity index is 1340. The third-order valence-corrected chi connectivity index (χ3v) is 5.45. The summed E-state index contributed by atoms with van der Waals surface area (Å²) >= 11 is 0. The molecule has 0 aliphatic carbocycles. The van der Waals surface area contributed by atoms with E-state index in [1.54, 1.807) is 32.9 Å². The van der Waals surface area contributed by atoms with Crippen LogP contribution in [-0.4, -0.2) is 20.1 Å². The Morgan fingerprint density at radius 3 is 1.88 bits per heavy atom. The molecule has 0 aliphatic rings. The van der Waals surface area contributed by atoms with Gasteiger partial charge in [-0.15, -0.1) is 0 Å². The molecule has 0 fully saturated rings. The molecule has 4 rings (SSSR count). The van der Waals surface area contributed by atoms with Crippen LogP contribution in [0, 0.1) is 6.92 Å². The van der Waals surface area contributed by atoms with Gasteiger partial charge in [0.05, 0.1) is 11.1 Å². The molecular formula is C27H24F3N3O. The number of hydrogen-bond donors (Lipinski definition) is 1. The van der Waals surface area contributed by atoms with E-state index in [1.165, 1.54) is 12.1 Å². The normalized spacial score (nSPS) is 12.1. The van der Waals surface area contributed by atoms with E-state index < -0.39 is 17.2 Å². The number of nitrogens with zero attached hydrogens (tertiary/aromatic N) is 3. The van der Waals surface area contributed by atoms with Crippen LogP contribution in [0.2, 0.25) is 0 Å². The van der Waals surface area contributed by atoms with Crippen LogP contribution < -0.4 is 0 Å². The fourth-order valence-electron chi connectivity index (χ4n) is 3.72. The van der Waals surface area contributed by atoms with Crippen molar-refractivity contribution in [1.29, 1.82) is 0 Å². The van der Waals surface area contributed by atoms with Gasteiger partial charge in [0, 0.05) is 11.1 Å². The Hall–Kier alpha value is -3.74. The Balaban J connectivity index is 1.96. The van der Waals surface area contributed by atoms with E-state index in [0.717, 1.165) is 17.2 Å². The maximum Gasteiger partial charge on any atom is 0.416 e. The number of halogens is 3. The third kappa shape index (κ3) is 4.78. The number of phenolic OH excluding ortho intramolecular Hbond substituents is 1. The van der Waals surface area contributed by atoms with E-state index in [1.807, 2.05) is 43.3 Å². The number of aromatic nitrogens is 3. The van der Waals surface area contributed by atoms with Gasteiger partial charge in [-0.2, -0.15) is 13.2 Å². The molecule has 4 aromatic rings. The summed E-state index contributed by atoms with van der Waals surface area (Å²) in [5.74, 6) is 0.832. The molecule has 1 aromatic heterocycles. The van der Waals surface area contributed by atoms with Crippen molar-refractivity contribution in [3.05, 3.63) is 83.4 Å². The maximum atomic E-state index is 13.7. The van der Waals surface area contributed by atoms with Gasteiger partial charge in [0.25, 0.3) is 0 Å². The van der Waals surface area contributed by atoms with Crippen molar-refractivity contribution < 1.29 is 18.3 Å². The van der Waals surface area contributed by atoms with Crippen LogP contribution in [-0.2, 0) is 11.6 Å². The van der Waals surface area contributed by atoms with Gasteiger partial charge in [-0.3, -0.25) is 0 Å². The van der Waals surface area contributed by atoms with Gasteiger partial charge in [0.15, 0.2) is 17.5 Å². The van der Waals surface area contributed by atoms with E-state index in [2.05, 4.69) is 15.0 Å². The summed E-state index contributed by atoms with van der Waals surface area (Å²) in [6.07, 6.45) is -4.48. The Morgan fingerprint density at radius 2 is 1.29 bits per heavy atom. The summed E-state index contributed by atoms with van der Waals surface area (Å²) < 4.78 is 41.1. The molecule has 34 heavy (non-hydrogen) atoms. The minimum Gasteiger partial charge on any atom is -0.507 e. The van der Waals surface area contributed by atoms with Crippen LogP contribution in [0.15, 0.2) is 66.7 Å². The van der Waals surface area contributed by atoms with Crippen molar-refractivity contribution in [3.63, 3.8) is 0 Å². The van der Waals surface area contributed by atoms with Crippen LogP contribution in [0.5, 0.6) is 5.75 Å². The van der Waals surface area contributed by atoms with Crippen LogP contribution in [0.25, 0.3) is 34.2 Å². The minimum absolute atomic E-state index is 0.0129. The molecule has 0 atom stereocenters. The molecule has 1 N–H and O–H groups in total. The molecule has 0 saturated heterocycles. The summed E-state index contributed by atoms with van der Waals surface area (Å²) in [6, 6.07) is 18.3. The second kappa shape index (κ2) is 8.56. The van der Waals surface area contributed by atoms with Gasteiger partial charge in [0.1, 0.15) is 5.75 Å². The number of hydrogen-bond acceptors (Lipinski definition) is 4. The van der Waals surface area contributed by atoms with Crippen LogP contribution >= 0.6 is 0 Å². The Morgan fingerprint density at radius 1 is 0.676 bits per heavy atom. The van der Waals surface area contributed by atoms with E-state index in [4.69, 9.17) is 0 Å². The van der Waals surface area contributed by atoms with E-state index >= 15 is 0 Å². The lowest BCUT2D eigenvalue weighted by atomic mass is 9.82. The maximum absolute atomic E-state index is 13.7. The fraction of sp³-hybridized carbons (Fsp3) is 0.222. The summed E-state index contributed by atoms with van der Waals surface area (Å²) in [4.78, 5) is 13.7. The average molecular weight is 464 g/mol. The molecule has 3 aromatic carbocycles. The van der Waals surface area contributed by atoms with Crippen LogP contribution in [0.3, 0.4) is 0 Å². The van der Waals surface area contributed by atoms with Crippen molar-refractivity contribution in [2.75, 3.05) is 0 Å². The highest BCUT2D eigenvalue weighted by Gasteiger charge is 2.36. The highest BCUT2D eigenvalue weighted by Crippen LogP contribution is 2.39. The lowest BCUT2D eigenvalue weighted by Crippen LogP contribution is -2.19. The standard InChI is InChI=1S/C27H24F3N3O/c1-16-10-12-19(22(34)14-16)25-32-23(17-8-6-5-7-9-17)31-24(33-25)18-11-13-20(27(28,29)30)21(15-18)26(2,3)4/h5-15,34H,1-4H3. The molecule has 0 bridgehead atoms. The monoisotopic (exact) mass is 463 g/mol. The summed E-state index contributed by atoms with van der Waals surface area (Å²) in [5.41, 5.74) is 1.16. The highest BCUT2D eigenvalue weighted by atomic mass is 19.4. The van der Waals surface area contributed by atoms with Gasteiger partial charge >= 0.3 is 6.18 Å². The number of alkyl halides is 3. The zero-order valence-electron chi connectivity index (χ0n) is 19.3. The van der Waals surface area contributed by atoms with E-state index in [-0.39, 0.29) is 23.0 Å². The number of rotatable bonds is 3. The van der Waals surface area contributed by atoms with E-state index in [0.29, 0.717) is 17.0 Å². The van der Waals surface area contributed by atoms with Gasteiger partial charge in [-0.1, -0.05) is 63.2 Å². The third-order valence-electron chi connectivity index (χ3n) is 5.45. The van der Waals surface area contributed by atoms with Crippen LogP contribution in [0.4, 0.5) is 13.2 Å². The molecule has 0 aliphatic heterocycles. The zero-order valence-corrected chi connectivity index (χ0v) is 19.3. The predicted octanol–water partition coefficient (Wildman–Crippen LogP) is 7.20. The smallest absolute Gasteiger partial charge is 0.416 e. The number of aryl methyl sites for hydroxylation is 1. The first-order chi connectivity index (χ1) is 15.9. The molecule has 4 nitrogen and oxygen atoms in total. The van der Waals surface area contributed by atoms with Crippen molar-refractivity contribution in [1.82, 2.24) is 15.0 Å². The molecule has 174 valence electrons. The minimum atomic E-state index is -4.48. The first-order valence-corrected chi connectivity index (χ1v) is 10.8. The molecule has 0 saturated carbocycles. The zero-order chi connectivity index (χ0) is 24.7. The van der Waals surface area contributed by atoms with Gasteiger partial charge < -0.3 is 5.11 Å². The number of phenols is 1.